The Kier molecular flexibility index (Phi) is 4.95. The van der Waals surface area contributed by atoms with Crippen LogP contribution >= 0.6 is 0 Å². The molecule has 6 nitrogen and oxygen atoms in total. The molecule has 0 aliphatic heterocycles. The number of hydrogen-bond acceptors (Lipinski definition) is 4. The zero-order valence-corrected chi connectivity index (χ0v) is 13.5. The van der Waals surface area contributed by atoms with Crippen LogP contribution in [-0.4, -0.2) is 24.5 Å². The van der Waals surface area contributed by atoms with Gasteiger partial charge in [-0.3, -0.25) is 9.59 Å². The van der Waals surface area contributed by atoms with Gasteiger partial charge in [0.05, 0.1) is 22.9 Å². The summed E-state index contributed by atoms with van der Waals surface area (Å²) in [6.07, 6.45) is 2.00. The van der Waals surface area contributed by atoms with E-state index < -0.39 is 0 Å². The number of carbonyl (C=O) groups excluding carboxylic acids is 2. The summed E-state index contributed by atoms with van der Waals surface area (Å²) < 4.78 is 5.39. The minimum atomic E-state index is -0.365. The second-order valence-electron chi connectivity index (χ2n) is 5.77. The van der Waals surface area contributed by atoms with Crippen LogP contribution in [-0.2, 0) is 4.79 Å². The van der Waals surface area contributed by atoms with E-state index in [1.54, 1.807) is 48.5 Å². The van der Waals surface area contributed by atoms with Gasteiger partial charge >= 0.3 is 0 Å². The van der Waals surface area contributed by atoms with E-state index in [1.165, 1.54) is 0 Å². The van der Waals surface area contributed by atoms with Crippen LogP contribution < -0.4 is 15.4 Å². The number of para-hydroxylation sites is 1. The first-order valence-electron chi connectivity index (χ1n) is 7.98. The van der Waals surface area contributed by atoms with Crippen molar-refractivity contribution >= 4 is 17.5 Å². The summed E-state index contributed by atoms with van der Waals surface area (Å²) in [5, 5.41) is 14.4. The normalized spacial score (nSPS) is 12.8. The number of nitrogens with one attached hydrogen (secondary N) is 2. The number of amides is 2. The summed E-state index contributed by atoms with van der Waals surface area (Å²) in [6, 6.07) is 15.6. The quantitative estimate of drug-likeness (QED) is 0.848. The fourth-order valence-corrected chi connectivity index (χ4v) is 2.24. The highest BCUT2D eigenvalue weighted by Crippen LogP contribution is 2.21. The number of nitrogens with zero attached hydrogens (tertiary/aromatic N) is 1. The number of hydrogen-bond donors (Lipinski definition) is 2. The summed E-state index contributed by atoms with van der Waals surface area (Å²) in [5.74, 6) is -0.0589. The molecular formula is C19H17N3O3. The molecule has 1 aliphatic carbocycles. The first-order valence-corrected chi connectivity index (χ1v) is 7.98. The van der Waals surface area contributed by atoms with Crippen molar-refractivity contribution in [2.45, 2.75) is 18.9 Å². The lowest BCUT2D eigenvalue weighted by molar-refractivity contribution is -0.118. The summed E-state index contributed by atoms with van der Waals surface area (Å²) in [4.78, 5) is 24.3. The standard InChI is InChI=1S/C19H17N3O3/c20-11-13-5-9-15(10-6-13)25-12-18(23)22-17-4-2-1-3-16(17)19(24)21-14-7-8-14/h1-6,9-10,14H,7-8,12H2,(H,21,24)(H,22,23). The molecule has 3 rings (SSSR count). The maximum Gasteiger partial charge on any atom is 0.262 e. The van der Waals surface area contributed by atoms with E-state index in [1.807, 2.05) is 6.07 Å². The van der Waals surface area contributed by atoms with Crippen molar-refractivity contribution in [1.82, 2.24) is 5.32 Å². The molecule has 0 atom stereocenters. The van der Waals surface area contributed by atoms with Crippen LogP contribution in [0.25, 0.3) is 0 Å². The molecule has 0 saturated heterocycles. The van der Waals surface area contributed by atoms with Gasteiger partial charge in [-0.05, 0) is 49.2 Å². The fraction of sp³-hybridized carbons (Fsp3) is 0.211. The SMILES string of the molecule is N#Cc1ccc(OCC(=O)Nc2ccccc2C(=O)NC2CC2)cc1. The van der Waals surface area contributed by atoms with Crippen molar-refractivity contribution in [2.75, 3.05) is 11.9 Å². The number of ether oxygens (including phenoxy) is 1. The van der Waals surface area contributed by atoms with Crippen LogP contribution in [0.3, 0.4) is 0 Å². The van der Waals surface area contributed by atoms with Gasteiger partial charge in [0.1, 0.15) is 5.75 Å². The van der Waals surface area contributed by atoms with E-state index in [-0.39, 0.29) is 24.5 Å². The van der Waals surface area contributed by atoms with E-state index >= 15 is 0 Å². The van der Waals surface area contributed by atoms with Crippen molar-refractivity contribution in [3.8, 4) is 11.8 Å². The van der Waals surface area contributed by atoms with Gasteiger partial charge in [0, 0.05) is 6.04 Å². The minimum Gasteiger partial charge on any atom is -0.484 e. The molecule has 2 aromatic carbocycles. The van der Waals surface area contributed by atoms with Crippen molar-refractivity contribution < 1.29 is 14.3 Å². The number of benzene rings is 2. The van der Waals surface area contributed by atoms with Crippen LogP contribution in [0.1, 0.15) is 28.8 Å². The number of rotatable bonds is 6. The van der Waals surface area contributed by atoms with Crippen LogP contribution in [0.15, 0.2) is 48.5 Å². The Balaban J connectivity index is 1.58. The molecule has 25 heavy (non-hydrogen) atoms. The third kappa shape index (κ3) is 4.58. The van der Waals surface area contributed by atoms with E-state index in [9.17, 15) is 9.59 Å². The average molecular weight is 335 g/mol. The Labute approximate surface area is 145 Å². The molecule has 2 aromatic rings. The molecule has 126 valence electrons. The van der Waals surface area contributed by atoms with Gasteiger partial charge in [-0.1, -0.05) is 12.1 Å². The minimum absolute atomic E-state index is 0.189. The van der Waals surface area contributed by atoms with E-state index in [4.69, 9.17) is 10.00 Å². The molecule has 0 heterocycles. The van der Waals surface area contributed by atoms with Gasteiger partial charge in [-0.2, -0.15) is 5.26 Å². The molecule has 0 bridgehead atoms. The van der Waals surface area contributed by atoms with Crippen molar-refractivity contribution in [2.24, 2.45) is 0 Å². The molecular weight excluding hydrogens is 318 g/mol. The third-order valence-electron chi connectivity index (χ3n) is 3.71. The molecule has 0 radical (unpaired) electrons. The first-order chi connectivity index (χ1) is 12.2. The number of carbonyl (C=O) groups is 2. The average Bonchev–Trinajstić information content (AvgIpc) is 3.45. The highest BCUT2D eigenvalue weighted by Gasteiger charge is 2.25. The van der Waals surface area contributed by atoms with E-state index in [0.717, 1.165) is 12.8 Å². The lowest BCUT2D eigenvalue weighted by Crippen LogP contribution is -2.27. The van der Waals surface area contributed by atoms with Crippen molar-refractivity contribution in [1.29, 1.82) is 5.26 Å². The largest absolute Gasteiger partial charge is 0.484 e. The first kappa shape index (κ1) is 16.5. The van der Waals surface area contributed by atoms with E-state index in [0.29, 0.717) is 22.6 Å². The maximum atomic E-state index is 12.2. The number of anilines is 1. The van der Waals surface area contributed by atoms with Gasteiger partial charge < -0.3 is 15.4 Å². The molecule has 1 fully saturated rings. The predicted molar refractivity (Wildman–Crippen MR) is 92.2 cm³/mol. The monoisotopic (exact) mass is 335 g/mol. The molecule has 1 saturated carbocycles. The molecule has 2 N–H and O–H groups in total. The van der Waals surface area contributed by atoms with Crippen LogP contribution in [0.2, 0.25) is 0 Å². The van der Waals surface area contributed by atoms with Gasteiger partial charge in [-0.25, -0.2) is 0 Å². The summed E-state index contributed by atoms with van der Waals surface area (Å²) >= 11 is 0. The Bertz CT molecular complexity index is 821. The molecule has 0 unspecified atom stereocenters. The van der Waals surface area contributed by atoms with Gasteiger partial charge in [0.25, 0.3) is 11.8 Å². The summed E-state index contributed by atoms with van der Waals surface area (Å²) in [6.45, 7) is -0.190. The van der Waals surface area contributed by atoms with Crippen molar-refractivity contribution in [3.05, 3.63) is 59.7 Å². The lowest BCUT2D eigenvalue weighted by Gasteiger charge is -2.11. The third-order valence-corrected chi connectivity index (χ3v) is 3.71. The second kappa shape index (κ2) is 7.49. The highest BCUT2D eigenvalue weighted by molar-refractivity contribution is 6.04. The fourth-order valence-electron chi connectivity index (χ4n) is 2.24. The lowest BCUT2D eigenvalue weighted by atomic mass is 10.1. The van der Waals surface area contributed by atoms with E-state index in [2.05, 4.69) is 10.6 Å². The Morgan fingerprint density at radius 3 is 2.52 bits per heavy atom. The van der Waals surface area contributed by atoms with Crippen LogP contribution in [0, 0.1) is 11.3 Å². The summed E-state index contributed by atoms with van der Waals surface area (Å²) in [7, 11) is 0. The van der Waals surface area contributed by atoms with Gasteiger partial charge in [-0.15, -0.1) is 0 Å². The second-order valence-corrected chi connectivity index (χ2v) is 5.77. The van der Waals surface area contributed by atoms with Gasteiger partial charge in [0.15, 0.2) is 6.61 Å². The zero-order valence-electron chi connectivity index (χ0n) is 13.5. The van der Waals surface area contributed by atoms with Crippen molar-refractivity contribution in [3.63, 3.8) is 0 Å². The predicted octanol–water partition coefficient (Wildman–Crippen LogP) is 2.47. The van der Waals surface area contributed by atoms with Crippen LogP contribution in [0.5, 0.6) is 5.75 Å². The number of nitriles is 1. The highest BCUT2D eigenvalue weighted by atomic mass is 16.5. The zero-order chi connectivity index (χ0) is 17.6. The van der Waals surface area contributed by atoms with Crippen LogP contribution in [0.4, 0.5) is 5.69 Å². The Morgan fingerprint density at radius 1 is 1.12 bits per heavy atom. The molecule has 6 heteroatoms. The molecule has 0 spiro atoms. The smallest absolute Gasteiger partial charge is 0.262 e. The molecule has 1 aliphatic rings. The summed E-state index contributed by atoms with van der Waals surface area (Å²) in [5.41, 5.74) is 1.41. The molecule has 2 amide bonds. The maximum absolute atomic E-state index is 12.2. The Morgan fingerprint density at radius 2 is 1.84 bits per heavy atom. The van der Waals surface area contributed by atoms with Gasteiger partial charge in [0.2, 0.25) is 0 Å². The Hall–Kier alpha value is -3.33. The topological polar surface area (TPSA) is 91.2 Å². The molecule has 0 aromatic heterocycles.